The number of hydrogen-bond donors (Lipinski definition) is 2. The Labute approximate surface area is 200 Å². The molecule has 0 fully saturated rings. The van der Waals surface area contributed by atoms with Crippen molar-refractivity contribution in [3.05, 3.63) is 66.6 Å². The zero-order chi connectivity index (χ0) is 20.1. The normalized spacial score (nSPS) is 10.2. The first-order chi connectivity index (χ1) is 11.8. The third-order valence-electron chi connectivity index (χ3n) is 3.47. The van der Waals surface area contributed by atoms with Crippen LogP contribution in [0.5, 0.6) is 0 Å². The smallest absolute Gasteiger partial charge is 1.00 e. The number of nitrogens with zero attached hydrogens (tertiary/aromatic N) is 2. The molecule has 0 bridgehead atoms. The molecule has 0 aliphatic heterocycles. The van der Waals surface area contributed by atoms with E-state index in [1.165, 1.54) is 13.8 Å². The van der Waals surface area contributed by atoms with Gasteiger partial charge >= 0.3 is 23.1 Å². The van der Waals surface area contributed by atoms with E-state index in [1.54, 1.807) is 64.1 Å². The molecule has 0 saturated heterocycles. The van der Waals surface area contributed by atoms with Gasteiger partial charge in [-0.05, 0) is 52.0 Å². The van der Waals surface area contributed by atoms with Crippen LogP contribution in [0.2, 0.25) is 0 Å². The molecule has 0 aliphatic carbocycles. The summed E-state index contributed by atoms with van der Waals surface area (Å²) in [6.45, 7) is 9.53. The SMILES string of the molecule is CC(=O)c1cccc(C(C)=O)n1.CC(C)(O)c1cccc(C(C)(C)O)n1.[Br-].[CH3-].[Mg+2]. The van der Waals surface area contributed by atoms with Crippen molar-refractivity contribution >= 4 is 34.6 Å². The predicted molar refractivity (Wildman–Crippen MR) is 111 cm³/mol. The second-order valence-electron chi connectivity index (χ2n) is 7.05. The predicted octanol–water partition coefficient (Wildman–Crippen LogP) is 0.0967. The van der Waals surface area contributed by atoms with Crippen molar-refractivity contribution in [1.29, 1.82) is 0 Å². The van der Waals surface area contributed by atoms with E-state index in [0.29, 0.717) is 22.8 Å². The average Bonchev–Trinajstić information content (AvgIpc) is 2.54. The van der Waals surface area contributed by atoms with Crippen LogP contribution in [0.25, 0.3) is 0 Å². The standard InChI is InChI=1S/C11H17NO2.C9H9NO2.CH3.BrH.Mg/c1-10(2,13)8-6-5-7-9(12-8)11(3,4)14;1-6(11)8-4-3-5-9(10-8)7(2)12;;;/h5-7,13-14H,1-4H3;3-5H,1-2H3;1H3;1H;/q;;-1;;+2/p-1. The first-order valence-electron chi connectivity index (χ1n) is 8.24. The van der Waals surface area contributed by atoms with E-state index in [0.717, 1.165) is 0 Å². The van der Waals surface area contributed by atoms with E-state index in [9.17, 15) is 19.8 Å². The first kappa shape index (κ1) is 32.5. The fourth-order valence-electron chi connectivity index (χ4n) is 1.94. The minimum atomic E-state index is -0.971. The zero-order valence-electron chi connectivity index (χ0n) is 18.2. The van der Waals surface area contributed by atoms with E-state index >= 15 is 0 Å². The maximum atomic E-state index is 10.8. The second kappa shape index (κ2) is 13.2. The number of pyridine rings is 2. The van der Waals surface area contributed by atoms with Gasteiger partial charge in [-0.3, -0.25) is 14.6 Å². The molecule has 29 heavy (non-hydrogen) atoms. The van der Waals surface area contributed by atoms with E-state index in [4.69, 9.17) is 0 Å². The molecular weight excluding hydrogens is 448 g/mol. The van der Waals surface area contributed by atoms with Gasteiger partial charge in [0, 0.05) is 13.8 Å². The van der Waals surface area contributed by atoms with Crippen LogP contribution in [-0.2, 0) is 11.2 Å². The van der Waals surface area contributed by atoms with Gasteiger partial charge < -0.3 is 34.6 Å². The molecule has 6 nitrogen and oxygen atoms in total. The van der Waals surface area contributed by atoms with Gasteiger partial charge in [-0.25, -0.2) is 4.98 Å². The monoisotopic (exact) mass is 476 g/mol. The summed E-state index contributed by atoms with van der Waals surface area (Å²) >= 11 is 0. The molecule has 0 atom stereocenters. The first-order valence-corrected chi connectivity index (χ1v) is 8.24. The molecule has 0 saturated carbocycles. The van der Waals surface area contributed by atoms with Gasteiger partial charge in [-0.15, -0.1) is 0 Å². The Balaban J connectivity index is -0.000000426. The van der Waals surface area contributed by atoms with Crippen LogP contribution in [0.15, 0.2) is 36.4 Å². The number of aliphatic hydroxyl groups is 2. The van der Waals surface area contributed by atoms with Crippen molar-refractivity contribution in [2.45, 2.75) is 52.7 Å². The third kappa shape index (κ3) is 11.0. The topological polar surface area (TPSA) is 100 Å². The minimum absolute atomic E-state index is 0. The molecule has 2 aromatic heterocycles. The molecule has 156 valence electrons. The number of carbonyl (C=O) groups excluding carboxylic acids is 2. The number of Topliss-reactive ketones (excluding diaryl/α,β-unsaturated/α-hetero) is 2. The molecule has 2 N–H and O–H groups in total. The number of hydrogen-bond acceptors (Lipinski definition) is 6. The number of ketones is 2. The zero-order valence-corrected chi connectivity index (χ0v) is 21.2. The number of aromatic nitrogens is 2. The molecule has 8 heteroatoms. The van der Waals surface area contributed by atoms with Crippen LogP contribution in [0, 0.1) is 7.43 Å². The van der Waals surface area contributed by atoms with Gasteiger partial charge in [0.05, 0.1) is 11.4 Å². The fraction of sp³-hybridized carbons (Fsp3) is 0.381. The summed E-state index contributed by atoms with van der Waals surface area (Å²) in [7, 11) is 0. The number of carbonyl (C=O) groups is 2. The molecule has 0 spiro atoms. The van der Waals surface area contributed by atoms with E-state index < -0.39 is 11.2 Å². The Morgan fingerprint density at radius 1 is 0.759 bits per heavy atom. The molecule has 2 heterocycles. The van der Waals surface area contributed by atoms with Crippen LogP contribution in [0.3, 0.4) is 0 Å². The summed E-state index contributed by atoms with van der Waals surface area (Å²) in [5.41, 5.74) is -0.137. The summed E-state index contributed by atoms with van der Waals surface area (Å²) in [5.74, 6) is -0.254. The van der Waals surface area contributed by atoms with Crippen molar-refractivity contribution in [1.82, 2.24) is 9.97 Å². The summed E-state index contributed by atoms with van der Waals surface area (Å²) in [6, 6.07) is 10.1. The Kier molecular flexibility index (Phi) is 14.8. The molecule has 2 rings (SSSR count). The maximum Gasteiger partial charge on any atom is 2.00 e. The summed E-state index contributed by atoms with van der Waals surface area (Å²) < 4.78 is 0. The van der Waals surface area contributed by atoms with E-state index in [-0.39, 0.29) is 59.0 Å². The van der Waals surface area contributed by atoms with Crippen LogP contribution < -0.4 is 17.0 Å². The van der Waals surface area contributed by atoms with Gasteiger partial charge in [-0.1, -0.05) is 12.1 Å². The third-order valence-corrected chi connectivity index (χ3v) is 3.47. The number of rotatable bonds is 4. The molecule has 0 amide bonds. The van der Waals surface area contributed by atoms with Gasteiger partial charge in [-0.2, -0.15) is 0 Å². The number of halogens is 1. The van der Waals surface area contributed by atoms with Crippen LogP contribution in [0.1, 0.15) is 73.9 Å². The van der Waals surface area contributed by atoms with Crippen molar-refractivity contribution in [2.24, 2.45) is 0 Å². The van der Waals surface area contributed by atoms with Crippen molar-refractivity contribution in [3.8, 4) is 0 Å². The van der Waals surface area contributed by atoms with Crippen LogP contribution >= 0.6 is 0 Å². The molecule has 0 aliphatic rings. The Morgan fingerprint density at radius 3 is 1.34 bits per heavy atom. The van der Waals surface area contributed by atoms with Gasteiger partial charge in [0.2, 0.25) is 0 Å². The van der Waals surface area contributed by atoms with Gasteiger partial charge in [0.15, 0.2) is 11.6 Å². The van der Waals surface area contributed by atoms with E-state index in [1.807, 2.05) is 0 Å². The van der Waals surface area contributed by atoms with E-state index in [2.05, 4.69) is 9.97 Å². The second-order valence-corrected chi connectivity index (χ2v) is 7.05. The minimum Gasteiger partial charge on any atom is -1.00 e. The van der Waals surface area contributed by atoms with Gasteiger partial charge in [0.25, 0.3) is 0 Å². The quantitative estimate of drug-likeness (QED) is 0.368. The maximum absolute atomic E-state index is 10.8. The average molecular weight is 478 g/mol. The summed E-state index contributed by atoms with van der Waals surface area (Å²) in [5, 5.41) is 19.5. The summed E-state index contributed by atoms with van der Waals surface area (Å²) in [6.07, 6.45) is 0. The molecular formula is C21H29BrMgN2O4. The van der Waals surface area contributed by atoms with Crippen LogP contribution in [-0.4, -0.2) is 54.8 Å². The Hall–Kier alpha value is -1.19. The fourth-order valence-corrected chi connectivity index (χ4v) is 1.94. The molecule has 2 aromatic rings. The largest absolute Gasteiger partial charge is 2.00 e. The Bertz CT molecular complexity index is 741. The molecule has 0 aromatic carbocycles. The summed E-state index contributed by atoms with van der Waals surface area (Å²) in [4.78, 5) is 29.8. The van der Waals surface area contributed by atoms with Crippen molar-refractivity contribution in [2.75, 3.05) is 0 Å². The van der Waals surface area contributed by atoms with Crippen molar-refractivity contribution in [3.63, 3.8) is 0 Å². The van der Waals surface area contributed by atoms with Crippen molar-refractivity contribution < 1.29 is 36.8 Å². The molecule has 0 radical (unpaired) electrons. The Morgan fingerprint density at radius 2 is 1.07 bits per heavy atom. The van der Waals surface area contributed by atoms with Crippen LogP contribution in [0.4, 0.5) is 0 Å². The van der Waals surface area contributed by atoms with Gasteiger partial charge in [0.1, 0.15) is 22.6 Å². The molecule has 0 unspecified atom stereocenters.